The van der Waals surface area contributed by atoms with Crippen LogP contribution in [0.3, 0.4) is 0 Å². The van der Waals surface area contributed by atoms with Gasteiger partial charge in [0.05, 0.1) is 0 Å². The zero-order valence-corrected chi connectivity index (χ0v) is 27.6. The van der Waals surface area contributed by atoms with Gasteiger partial charge in [-0.15, -0.1) is 0 Å². The number of allylic oxidation sites excluding steroid dienone is 18. The molecule has 2 heteroatoms. The topological polar surface area (TPSA) is 6.48 Å². The fraction of sp³-hybridized carbons (Fsp3) is 0.130. The highest BCUT2D eigenvalue weighted by atomic mass is 15.2. The van der Waals surface area contributed by atoms with Crippen molar-refractivity contribution in [1.82, 2.24) is 0 Å². The lowest BCUT2D eigenvalue weighted by Crippen LogP contribution is -2.21. The van der Waals surface area contributed by atoms with E-state index in [1.165, 1.54) is 28.0 Å². The summed E-state index contributed by atoms with van der Waals surface area (Å²) in [6.07, 6.45) is 38.6. The van der Waals surface area contributed by atoms with Crippen molar-refractivity contribution >= 4 is 17.1 Å². The Bertz CT molecular complexity index is 1950. The Labute approximate surface area is 286 Å². The van der Waals surface area contributed by atoms with Crippen LogP contribution < -0.4 is 9.80 Å². The van der Waals surface area contributed by atoms with E-state index in [1.807, 2.05) is 19.1 Å². The van der Waals surface area contributed by atoms with Crippen LogP contribution in [0, 0.1) is 11.8 Å². The first-order valence-corrected chi connectivity index (χ1v) is 17.0. The molecule has 0 radical (unpaired) electrons. The molecule has 2 nitrogen and oxygen atoms in total. The first-order chi connectivity index (χ1) is 23.7. The van der Waals surface area contributed by atoms with E-state index in [0.717, 1.165) is 47.7 Å². The molecule has 3 aromatic rings. The van der Waals surface area contributed by atoms with Gasteiger partial charge in [0.1, 0.15) is 0 Å². The summed E-state index contributed by atoms with van der Waals surface area (Å²) in [6, 6.07) is 28.4. The predicted octanol–water partition coefficient (Wildman–Crippen LogP) is 12.2. The lowest BCUT2D eigenvalue weighted by atomic mass is 9.84. The molecule has 0 aromatic heterocycles. The van der Waals surface area contributed by atoms with E-state index in [4.69, 9.17) is 0 Å². The van der Waals surface area contributed by atoms with Gasteiger partial charge in [0.15, 0.2) is 0 Å². The van der Waals surface area contributed by atoms with Crippen molar-refractivity contribution < 1.29 is 0 Å². The summed E-state index contributed by atoms with van der Waals surface area (Å²) in [5, 5.41) is 0. The molecule has 0 heterocycles. The molecule has 48 heavy (non-hydrogen) atoms. The first kappa shape index (κ1) is 31.0. The van der Waals surface area contributed by atoms with Gasteiger partial charge in [0.25, 0.3) is 0 Å². The molecule has 3 aromatic carbocycles. The Morgan fingerprint density at radius 2 is 1.42 bits per heavy atom. The van der Waals surface area contributed by atoms with Crippen LogP contribution in [0.4, 0.5) is 17.1 Å². The Kier molecular flexibility index (Phi) is 9.33. The minimum absolute atomic E-state index is 0.371. The number of fused-ring (bicyclic) bond motifs is 1. The summed E-state index contributed by atoms with van der Waals surface area (Å²) in [7, 11) is 0. The Morgan fingerprint density at radius 3 is 2.17 bits per heavy atom. The van der Waals surface area contributed by atoms with Gasteiger partial charge in [-0.3, -0.25) is 0 Å². The van der Waals surface area contributed by atoms with Gasteiger partial charge in [0.2, 0.25) is 0 Å². The normalized spacial score (nSPS) is 19.6. The maximum Gasteiger partial charge on any atom is 0.0461 e. The average molecular weight is 623 g/mol. The van der Waals surface area contributed by atoms with Crippen LogP contribution in [-0.4, -0.2) is 0 Å². The minimum Gasteiger partial charge on any atom is -0.311 e. The molecule has 0 spiro atoms. The monoisotopic (exact) mass is 622 g/mol. The van der Waals surface area contributed by atoms with Gasteiger partial charge >= 0.3 is 0 Å². The molecule has 0 saturated carbocycles. The maximum atomic E-state index is 4.47. The summed E-state index contributed by atoms with van der Waals surface area (Å²) in [4.78, 5) is 4.61. The van der Waals surface area contributed by atoms with E-state index in [2.05, 4.69) is 180 Å². The molecule has 0 saturated heterocycles. The number of rotatable bonds is 9. The van der Waals surface area contributed by atoms with Gasteiger partial charge in [-0.2, -0.15) is 0 Å². The summed E-state index contributed by atoms with van der Waals surface area (Å²) in [5.41, 5.74) is 11.8. The number of hydrogen-bond donors (Lipinski definition) is 0. The Hall–Kier alpha value is -5.60. The van der Waals surface area contributed by atoms with Crippen LogP contribution >= 0.6 is 0 Å². The molecule has 2 atom stereocenters. The van der Waals surface area contributed by atoms with Gasteiger partial charge in [-0.25, -0.2) is 0 Å². The summed E-state index contributed by atoms with van der Waals surface area (Å²) < 4.78 is 0. The van der Waals surface area contributed by atoms with Crippen molar-refractivity contribution in [3.05, 3.63) is 211 Å². The van der Waals surface area contributed by atoms with E-state index in [0.29, 0.717) is 11.8 Å². The van der Waals surface area contributed by atoms with E-state index in [1.54, 1.807) is 0 Å². The molecule has 4 aliphatic rings. The van der Waals surface area contributed by atoms with Crippen molar-refractivity contribution in [3.8, 4) is 11.1 Å². The zero-order valence-electron chi connectivity index (χ0n) is 27.6. The molecule has 0 fully saturated rings. The molecule has 4 aliphatic carbocycles. The van der Waals surface area contributed by atoms with Gasteiger partial charge in [-0.05, 0) is 97.5 Å². The second-order valence-corrected chi connectivity index (χ2v) is 12.5. The third kappa shape index (κ3) is 6.75. The molecule has 0 N–H and O–H groups in total. The van der Waals surface area contributed by atoms with E-state index < -0.39 is 0 Å². The van der Waals surface area contributed by atoms with Crippen molar-refractivity contribution in [2.45, 2.75) is 26.2 Å². The molecule has 0 amide bonds. The summed E-state index contributed by atoms with van der Waals surface area (Å²) >= 11 is 0. The fourth-order valence-corrected chi connectivity index (χ4v) is 6.84. The standard InChI is InChI=1S/C46H42N2/c1-3-4-6-13-35(2)47(43-27-20-36-14-9-10-15-37(36)21-28-43)44-29-22-39(23-30-44)40-24-31-45(32-25-40)48(42-18-7-5-8-19-42)46-33-26-38-16-11-12-17-41(38)34-46/h3-9,11-14,16-20,22-34,38,41H,2,10,15,21H2,1H3/b4-3-,13-6-. The summed E-state index contributed by atoms with van der Waals surface area (Å²) in [5.74, 6) is 0.795. The van der Waals surface area contributed by atoms with Gasteiger partial charge < -0.3 is 9.80 Å². The molecule has 7 rings (SSSR count). The number of hydrogen-bond acceptors (Lipinski definition) is 2. The van der Waals surface area contributed by atoms with E-state index >= 15 is 0 Å². The third-order valence-corrected chi connectivity index (χ3v) is 9.38. The number of anilines is 3. The molecular formula is C46H42N2. The number of benzene rings is 3. The van der Waals surface area contributed by atoms with E-state index in [-0.39, 0.29) is 0 Å². The van der Waals surface area contributed by atoms with Crippen LogP contribution in [-0.2, 0) is 0 Å². The Balaban J connectivity index is 1.16. The van der Waals surface area contributed by atoms with Crippen LogP contribution in [0.15, 0.2) is 211 Å². The van der Waals surface area contributed by atoms with E-state index in [9.17, 15) is 0 Å². The molecule has 0 aliphatic heterocycles. The first-order valence-electron chi connectivity index (χ1n) is 17.0. The smallest absolute Gasteiger partial charge is 0.0461 e. The molecular weight excluding hydrogens is 581 g/mol. The van der Waals surface area contributed by atoms with Crippen molar-refractivity contribution in [1.29, 1.82) is 0 Å². The van der Waals surface area contributed by atoms with Crippen LogP contribution in [0.2, 0.25) is 0 Å². The molecule has 2 unspecified atom stereocenters. The van der Waals surface area contributed by atoms with Crippen LogP contribution in [0.25, 0.3) is 11.1 Å². The second kappa shape index (κ2) is 14.4. The highest BCUT2D eigenvalue weighted by Gasteiger charge is 2.22. The largest absolute Gasteiger partial charge is 0.311 e. The minimum atomic E-state index is 0.371. The second-order valence-electron chi connectivity index (χ2n) is 12.5. The van der Waals surface area contributed by atoms with Gasteiger partial charge in [0, 0.05) is 46.0 Å². The highest BCUT2D eigenvalue weighted by molar-refractivity contribution is 5.75. The quantitative estimate of drug-likeness (QED) is 0.219. The van der Waals surface area contributed by atoms with Crippen molar-refractivity contribution in [2.75, 3.05) is 9.80 Å². The van der Waals surface area contributed by atoms with Crippen LogP contribution in [0.5, 0.6) is 0 Å². The van der Waals surface area contributed by atoms with Crippen LogP contribution in [0.1, 0.15) is 26.2 Å². The average Bonchev–Trinajstić information content (AvgIpc) is 3.36. The lowest BCUT2D eigenvalue weighted by molar-refractivity contribution is 0.652. The van der Waals surface area contributed by atoms with Crippen molar-refractivity contribution in [3.63, 3.8) is 0 Å². The van der Waals surface area contributed by atoms with Gasteiger partial charge in [-0.1, -0.05) is 134 Å². The van der Waals surface area contributed by atoms with Crippen molar-refractivity contribution in [2.24, 2.45) is 11.8 Å². The number of nitrogens with zero attached hydrogens (tertiary/aromatic N) is 2. The maximum absolute atomic E-state index is 4.47. The molecule has 0 bridgehead atoms. The third-order valence-electron chi connectivity index (χ3n) is 9.38. The predicted molar refractivity (Wildman–Crippen MR) is 206 cm³/mol. The fourth-order valence-electron chi connectivity index (χ4n) is 6.84. The SMILES string of the molecule is C=C(/C=C\C=C/C)N(C1=CCC2=C(C=CCC2)C=C1)c1ccc(-c2ccc(N(C3=CC4C=CC=CC4C=C3)c3ccccc3)cc2)cc1. The summed E-state index contributed by atoms with van der Waals surface area (Å²) in [6.45, 7) is 6.50. The molecule has 236 valence electrons. The zero-order chi connectivity index (χ0) is 32.7. The lowest BCUT2D eigenvalue weighted by Gasteiger charge is -2.31. The highest BCUT2D eigenvalue weighted by Crippen LogP contribution is 2.38. The number of para-hydroxylation sites is 1. The Morgan fingerprint density at radius 1 is 0.708 bits per heavy atom.